The minimum absolute atomic E-state index is 0.0176. The minimum Gasteiger partial charge on any atom is -0.480 e. The summed E-state index contributed by atoms with van der Waals surface area (Å²) in [7, 11) is 3.97. The van der Waals surface area contributed by atoms with Crippen LogP contribution in [0.3, 0.4) is 0 Å². The van der Waals surface area contributed by atoms with E-state index in [1.807, 2.05) is 21.0 Å². The lowest BCUT2D eigenvalue weighted by atomic mass is 9.90. The monoisotopic (exact) mass is 299 g/mol. The molecule has 1 rings (SSSR count). The highest BCUT2D eigenvalue weighted by Crippen LogP contribution is 2.27. The van der Waals surface area contributed by atoms with Crippen molar-refractivity contribution in [2.45, 2.75) is 63.5 Å². The number of carboxylic acids is 1. The average Bonchev–Trinajstić information content (AvgIpc) is 2.62. The fourth-order valence-corrected chi connectivity index (χ4v) is 2.73. The molecule has 1 unspecified atom stereocenters. The number of carbonyl (C=O) groups excluding carboxylic acids is 1. The summed E-state index contributed by atoms with van der Waals surface area (Å²) in [4.78, 5) is 25.8. The third-order valence-corrected chi connectivity index (χ3v) is 4.11. The minimum atomic E-state index is -1.10. The topological polar surface area (TPSA) is 81.7 Å². The molecule has 0 heterocycles. The van der Waals surface area contributed by atoms with E-state index in [1.54, 1.807) is 0 Å². The number of nitrogens with one attached hydrogen (secondary N) is 2. The van der Waals surface area contributed by atoms with Crippen LogP contribution in [0.5, 0.6) is 0 Å². The molecule has 6 nitrogen and oxygen atoms in total. The maximum atomic E-state index is 12.1. The molecule has 0 aromatic carbocycles. The second kappa shape index (κ2) is 8.22. The van der Waals surface area contributed by atoms with Crippen LogP contribution >= 0.6 is 0 Å². The smallest absolute Gasteiger partial charge is 0.329 e. The summed E-state index contributed by atoms with van der Waals surface area (Å²) in [6, 6.07) is -0.352. The van der Waals surface area contributed by atoms with Crippen LogP contribution in [0.1, 0.15) is 51.9 Å². The maximum Gasteiger partial charge on any atom is 0.329 e. The number of carboxylic acid groups (broad SMARTS) is 1. The molecule has 6 heteroatoms. The maximum absolute atomic E-state index is 12.1. The molecular weight excluding hydrogens is 270 g/mol. The molecule has 122 valence electrons. The predicted molar refractivity (Wildman–Crippen MR) is 82.4 cm³/mol. The van der Waals surface area contributed by atoms with E-state index >= 15 is 0 Å². The highest BCUT2D eigenvalue weighted by atomic mass is 16.4. The molecule has 0 aliphatic heterocycles. The van der Waals surface area contributed by atoms with Crippen LogP contribution in [0.4, 0.5) is 4.79 Å². The third-order valence-electron chi connectivity index (χ3n) is 4.11. The Hall–Kier alpha value is -1.30. The molecule has 1 aliphatic rings. The number of hydrogen-bond donors (Lipinski definition) is 3. The van der Waals surface area contributed by atoms with Crippen LogP contribution in [-0.4, -0.2) is 54.2 Å². The van der Waals surface area contributed by atoms with Crippen molar-refractivity contribution in [3.8, 4) is 0 Å². The fourth-order valence-electron chi connectivity index (χ4n) is 2.73. The number of rotatable bonds is 6. The molecule has 0 spiro atoms. The molecule has 2 amide bonds. The van der Waals surface area contributed by atoms with Gasteiger partial charge >= 0.3 is 12.0 Å². The fraction of sp³-hybridized carbons (Fsp3) is 0.867. The predicted octanol–water partition coefficient (Wildman–Crippen LogP) is 1.80. The Morgan fingerprint density at radius 2 is 1.76 bits per heavy atom. The lowest BCUT2D eigenvalue weighted by molar-refractivity contribution is -0.145. The molecule has 1 aliphatic carbocycles. The molecule has 0 saturated heterocycles. The Balaban J connectivity index is 2.54. The van der Waals surface area contributed by atoms with Gasteiger partial charge in [0.15, 0.2) is 0 Å². The Morgan fingerprint density at radius 3 is 2.24 bits per heavy atom. The zero-order chi connectivity index (χ0) is 15.9. The highest BCUT2D eigenvalue weighted by Gasteiger charge is 2.40. The largest absolute Gasteiger partial charge is 0.480 e. The summed E-state index contributed by atoms with van der Waals surface area (Å²) in [5.41, 5.74) is -1.10. The third kappa shape index (κ3) is 5.91. The molecule has 1 fully saturated rings. The van der Waals surface area contributed by atoms with Crippen molar-refractivity contribution in [1.29, 1.82) is 0 Å². The van der Waals surface area contributed by atoms with Crippen molar-refractivity contribution >= 4 is 12.0 Å². The number of aliphatic carboxylic acids is 1. The van der Waals surface area contributed by atoms with Gasteiger partial charge < -0.3 is 20.6 Å². The Labute approximate surface area is 127 Å². The summed E-state index contributed by atoms with van der Waals surface area (Å²) in [6.07, 6.45) is 5.64. The van der Waals surface area contributed by atoms with E-state index in [9.17, 15) is 14.7 Å². The van der Waals surface area contributed by atoms with E-state index in [0.29, 0.717) is 12.8 Å². The quantitative estimate of drug-likeness (QED) is 0.653. The van der Waals surface area contributed by atoms with Gasteiger partial charge in [-0.25, -0.2) is 9.59 Å². The van der Waals surface area contributed by atoms with Gasteiger partial charge in [-0.05, 0) is 46.8 Å². The highest BCUT2D eigenvalue weighted by molar-refractivity contribution is 5.86. The molecule has 0 bridgehead atoms. The summed E-state index contributed by atoms with van der Waals surface area (Å²) in [5, 5.41) is 15.1. The number of hydrogen-bond acceptors (Lipinski definition) is 3. The summed E-state index contributed by atoms with van der Waals surface area (Å²) in [5.74, 6) is -0.916. The van der Waals surface area contributed by atoms with Crippen molar-refractivity contribution in [2.75, 3.05) is 20.6 Å². The molecular formula is C15H29N3O3. The Bertz CT molecular complexity index is 350. The van der Waals surface area contributed by atoms with Crippen LogP contribution in [0, 0.1) is 0 Å². The average molecular weight is 299 g/mol. The SMILES string of the molecule is CC(CCN(C)C)NC(=O)NC1(C(=O)O)CCCCCC1. The zero-order valence-corrected chi connectivity index (χ0v) is 13.4. The van der Waals surface area contributed by atoms with Crippen LogP contribution in [0.25, 0.3) is 0 Å². The van der Waals surface area contributed by atoms with Crippen molar-refractivity contribution in [3.05, 3.63) is 0 Å². The second-order valence-corrected chi connectivity index (χ2v) is 6.39. The first-order valence-corrected chi connectivity index (χ1v) is 7.82. The zero-order valence-electron chi connectivity index (χ0n) is 13.4. The summed E-state index contributed by atoms with van der Waals surface area (Å²) < 4.78 is 0. The van der Waals surface area contributed by atoms with E-state index in [2.05, 4.69) is 15.5 Å². The molecule has 1 atom stereocenters. The second-order valence-electron chi connectivity index (χ2n) is 6.39. The Kier molecular flexibility index (Phi) is 6.95. The van der Waals surface area contributed by atoms with Gasteiger partial charge in [0.25, 0.3) is 0 Å². The summed E-state index contributed by atoms with van der Waals surface area (Å²) >= 11 is 0. The van der Waals surface area contributed by atoms with Crippen LogP contribution in [0.2, 0.25) is 0 Å². The van der Waals surface area contributed by atoms with Gasteiger partial charge in [0.2, 0.25) is 0 Å². The number of carbonyl (C=O) groups is 2. The van der Waals surface area contributed by atoms with Gasteiger partial charge in [-0.2, -0.15) is 0 Å². The van der Waals surface area contributed by atoms with Gasteiger partial charge in [-0.15, -0.1) is 0 Å². The first-order valence-electron chi connectivity index (χ1n) is 7.82. The van der Waals surface area contributed by atoms with Gasteiger partial charge in [0.1, 0.15) is 5.54 Å². The molecule has 1 saturated carbocycles. The van der Waals surface area contributed by atoms with E-state index < -0.39 is 11.5 Å². The first-order chi connectivity index (χ1) is 9.85. The lowest BCUT2D eigenvalue weighted by Crippen LogP contribution is -2.58. The van der Waals surface area contributed by atoms with Gasteiger partial charge in [0.05, 0.1) is 0 Å². The molecule has 0 aromatic heterocycles. The number of amides is 2. The van der Waals surface area contributed by atoms with Gasteiger partial charge in [0, 0.05) is 6.04 Å². The van der Waals surface area contributed by atoms with E-state index in [4.69, 9.17) is 0 Å². The van der Waals surface area contributed by atoms with E-state index in [0.717, 1.165) is 38.6 Å². The van der Waals surface area contributed by atoms with Crippen molar-refractivity contribution in [3.63, 3.8) is 0 Å². The van der Waals surface area contributed by atoms with Crippen LogP contribution in [-0.2, 0) is 4.79 Å². The lowest BCUT2D eigenvalue weighted by Gasteiger charge is -2.30. The van der Waals surface area contributed by atoms with Crippen molar-refractivity contribution < 1.29 is 14.7 Å². The van der Waals surface area contributed by atoms with E-state index in [-0.39, 0.29) is 12.1 Å². The van der Waals surface area contributed by atoms with Gasteiger partial charge in [-0.3, -0.25) is 0 Å². The number of nitrogens with zero attached hydrogens (tertiary/aromatic N) is 1. The van der Waals surface area contributed by atoms with Crippen molar-refractivity contribution in [1.82, 2.24) is 15.5 Å². The normalized spacial score (nSPS) is 19.6. The number of urea groups is 1. The molecule has 0 aromatic rings. The first kappa shape index (κ1) is 17.8. The van der Waals surface area contributed by atoms with E-state index in [1.165, 1.54) is 0 Å². The van der Waals surface area contributed by atoms with Gasteiger partial charge in [-0.1, -0.05) is 25.7 Å². The molecule has 3 N–H and O–H groups in total. The molecule has 21 heavy (non-hydrogen) atoms. The summed E-state index contributed by atoms with van der Waals surface area (Å²) in [6.45, 7) is 2.81. The van der Waals surface area contributed by atoms with Crippen molar-refractivity contribution in [2.24, 2.45) is 0 Å². The van der Waals surface area contributed by atoms with Crippen LogP contribution in [0.15, 0.2) is 0 Å². The van der Waals surface area contributed by atoms with Crippen LogP contribution < -0.4 is 10.6 Å². The molecule has 0 radical (unpaired) electrons. The standard InChI is InChI=1S/C15H29N3O3/c1-12(8-11-18(2)3)16-14(21)17-15(13(19)20)9-6-4-5-7-10-15/h12H,4-11H2,1-3H3,(H,19,20)(H2,16,17,21). The Morgan fingerprint density at radius 1 is 1.19 bits per heavy atom.